The Labute approximate surface area is 462 Å². The molecule has 8 rings (SSSR count). The lowest BCUT2D eigenvalue weighted by Gasteiger charge is -2.26. The summed E-state index contributed by atoms with van der Waals surface area (Å²) in [7, 11) is 0. The molecule has 4 aromatic carbocycles. The molecular formula is C66H78N8O4. The summed E-state index contributed by atoms with van der Waals surface area (Å²) in [6.45, 7) is 32.6. The summed E-state index contributed by atoms with van der Waals surface area (Å²) in [6.07, 6.45) is 2.40. The van der Waals surface area contributed by atoms with Crippen molar-refractivity contribution in [3.63, 3.8) is 0 Å². The van der Waals surface area contributed by atoms with Gasteiger partial charge in [0.15, 0.2) is 0 Å². The number of aromatic amines is 2. The van der Waals surface area contributed by atoms with Gasteiger partial charge in [-0.25, -0.2) is 19.6 Å². The molecule has 12 heteroatoms. The molecule has 78 heavy (non-hydrogen) atoms. The predicted octanol–water partition coefficient (Wildman–Crippen LogP) is 14.3. The van der Waals surface area contributed by atoms with E-state index in [0.717, 1.165) is 90.1 Å². The fourth-order valence-corrected chi connectivity index (χ4v) is 8.86. The van der Waals surface area contributed by atoms with Crippen LogP contribution in [-0.4, -0.2) is 66.8 Å². The number of ether oxygens (including phenoxy) is 2. The van der Waals surface area contributed by atoms with Crippen LogP contribution in [0.5, 0.6) is 0 Å². The van der Waals surface area contributed by atoms with Gasteiger partial charge in [0.05, 0.1) is 46.4 Å². The van der Waals surface area contributed by atoms with Crippen LogP contribution in [0.25, 0.3) is 22.3 Å². The maximum absolute atomic E-state index is 12.4. The zero-order valence-corrected chi connectivity index (χ0v) is 48.5. The number of hydrogen-bond donors (Lipinski definition) is 4. The van der Waals surface area contributed by atoms with Crippen LogP contribution in [0.1, 0.15) is 168 Å². The van der Waals surface area contributed by atoms with E-state index in [2.05, 4.69) is 155 Å². The summed E-state index contributed by atoms with van der Waals surface area (Å²) in [5, 5.41) is 6.01. The van der Waals surface area contributed by atoms with Crippen LogP contribution in [-0.2, 0) is 22.3 Å². The molecule has 0 saturated carbocycles. The lowest BCUT2D eigenvalue weighted by molar-refractivity contribution is 0.0497. The molecule has 4 N–H and O–H groups in total. The van der Waals surface area contributed by atoms with Crippen molar-refractivity contribution in [3.05, 3.63) is 130 Å². The van der Waals surface area contributed by atoms with Crippen molar-refractivity contribution < 1.29 is 19.1 Å². The Balaban J connectivity index is 0.000000226. The third-order valence-electron chi connectivity index (χ3n) is 13.8. The van der Waals surface area contributed by atoms with Crippen LogP contribution < -0.4 is 10.6 Å². The molecule has 0 unspecified atom stereocenters. The number of H-pyrrole nitrogens is 2. The van der Waals surface area contributed by atoms with Gasteiger partial charge in [-0.2, -0.15) is 0 Å². The van der Waals surface area contributed by atoms with Crippen LogP contribution >= 0.6 is 0 Å². The first-order chi connectivity index (χ1) is 36.8. The number of aromatic nitrogens is 4. The third kappa shape index (κ3) is 15.6. The zero-order chi connectivity index (χ0) is 56.6. The minimum Gasteiger partial charge on any atom is -0.444 e. The average Bonchev–Trinajstić information content (AvgIpc) is 4.23. The number of amides is 2. The first-order valence-corrected chi connectivity index (χ1v) is 27.4. The van der Waals surface area contributed by atoms with Crippen molar-refractivity contribution >= 4 is 46.0 Å². The molecule has 0 saturated heterocycles. The zero-order valence-electron chi connectivity index (χ0n) is 48.5. The number of fused-ring (bicyclic) bond motifs is 3. The molecule has 0 fully saturated rings. The maximum Gasteiger partial charge on any atom is 0.408 e. The van der Waals surface area contributed by atoms with E-state index in [1.54, 1.807) is 0 Å². The molecule has 0 bridgehead atoms. The first-order valence-electron chi connectivity index (χ1n) is 27.4. The van der Waals surface area contributed by atoms with Gasteiger partial charge >= 0.3 is 12.2 Å². The van der Waals surface area contributed by atoms with Crippen molar-refractivity contribution in [2.45, 2.75) is 159 Å². The smallest absolute Gasteiger partial charge is 0.408 e. The van der Waals surface area contributed by atoms with Crippen molar-refractivity contribution in [3.8, 4) is 46.8 Å². The van der Waals surface area contributed by atoms with Gasteiger partial charge < -0.3 is 30.1 Å². The third-order valence-corrected chi connectivity index (χ3v) is 13.8. The Kier molecular flexibility index (Phi) is 18.3. The van der Waals surface area contributed by atoms with Gasteiger partial charge in [-0.1, -0.05) is 105 Å². The first kappa shape index (κ1) is 57.8. The van der Waals surface area contributed by atoms with Gasteiger partial charge in [-0.05, 0) is 160 Å². The van der Waals surface area contributed by atoms with E-state index in [1.807, 2.05) is 102 Å². The van der Waals surface area contributed by atoms with E-state index in [0.29, 0.717) is 36.5 Å². The second-order valence-corrected chi connectivity index (χ2v) is 23.9. The van der Waals surface area contributed by atoms with E-state index in [-0.39, 0.29) is 23.9 Å². The number of nitrogens with one attached hydrogen (secondary N) is 4. The lowest BCUT2D eigenvalue weighted by atomic mass is 9.95. The minimum absolute atomic E-state index is 0.172. The van der Waals surface area contributed by atoms with E-state index >= 15 is 0 Å². The Hall–Kier alpha value is -7.88. The fourth-order valence-electron chi connectivity index (χ4n) is 8.86. The summed E-state index contributed by atoms with van der Waals surface area (Å²) in [6, 6.07) is 25.9. The molecule has 6 aromatic rings. The van der Waals surface area contributed by atoms with Gasteiger partial charge in [0.25, 0.3) is 0 Å². The maximum atomic E-state index is 12.4. The molecule has 4 heterocycles. The van der Waals surface area contributed by atoms with Gasteiger partial charge in [-0.15, -0.1) is 0 Å². The van der Waals surface area contributed by atoms with Gasteiger partial charge in [0.2, 0.25) is 0 Å². The summed E-state index contributed by atoms with van der Waals surface area (Å²) in [4.78, 5) is 50.7. The van der Waals surface area contributed by atoms with Crippen LogP contribution in [0.4, 0.5) is 21.0 Å². The molecule has 0 radical (unpaired) electrons. The van der Waals surface area contributed by atoms with Crippen molar-refractivity contribution in [2.75, 3.05) is 0 Å². The number of hydrogen-bond acceptors (Lipinski definition) is 8. The van der Waals surface area contributed by atoms with Crippen molar-refractivity contribution in [1.82, 2.24) is 30.6 Å². The molecule has 12 nitrogen and oxygen atoms in total. The fraction of sp³-hybridized carbons (Fsp3) is 0.424. The summed E-state index contributed by atoms with van der Waals surface area (Å²) in [5.74, 6) is 23.0. The predicted molar refractivity (Wildman–Crippen MR) is 317 cm³/mol. The molecule has 406 valence electrons. The van der Waals surface area contributed by atoms with Crippen LogP contribution in [0, 0.1) is 59.2 Å². The summed E-state index contributed by atoms with van der Waals surface area (Å²) >= 11 is 0. The number of alkyl carbamates (subject to hydrolysis) is 2. The molecule has 2 amide bonds. The Morgan fingerprint density at radius 2 is 0.987 bits per heavy atom. The minimum atomic E-state index is -0.552. The second kappa shape index (κ2) is 24.6. The van der Waals surface area contributed by atoms with Crippen LogP contribution in [0.15, 0.2) is 95.0 Å². The molecule has 0 spiro atoms. The van der Waals surface area contributed by atoms with Crippen LogP contribution in [0.3, 0.4) is 0 Å². The van der Waals surface area contributed by atoms with E-state index in [4.69, 9.17) is 24.4 Å². The topological polar surface area (TPSA) is 159 Å². The standard InChI is InChI=1S/C33H40N4O2.C33H38N4O2/c1-20(2)22(5)31-34-19-29(36-31)25-14-11-23(12-15-25)9-10-24-13-16-27-26(17-24)18-28(35-27)30(21(3)4)37-32(38)39-33(6,7)8;1-20(2)22(5)31-35-27-16-14-24(18-28(27)36-31)12-10-9-11-23-13-15-26-25(17-23)19-29(34-26)30(21(3)4)37-32(38)39-33(6,7)8/h11-17,19-22,30H,18H2,1-8H3,(H,34,36)(H,37,38);13-18,20-22,30H,19H2,1-8H3,(H,35,36)(H,37,38)/t2*22-,30-/m00/s1. The van der Waals surface area contributed by atoms with Crippen molar-refractivity contribution in [2.24, 2.45) is 33.7 Å². The molecule has 2 aliphatic heterocycles. The number of nitrogens with zero attached hydrogens (tertiary/aromatic N) is 4. The Morgan fingerprint density at radius 3 is 1.47 bits per heavy atom. The van der Waals surface area contributed by atoms with E-state index in [1.165, 1.54) is 0 Å². The SMILES string of the molecule is CC(C)[C@H](NC(=O)OC(C)(C)C)C1=Nc2ccc(C#CC#Cc3ccc4nc([C@@H](C)C(C)C)[nH]c4c3)cc2C1.CC(C)[C@H](NC(=O)OC(C)(C)C)C1=Nc2ccc(C#Cc3ccc(-c4cnc([C@@H](C)C(C)C)[nH]4)cc3)cc2C1. The number of carbonyl (C=O) groups is 2. The van der Waals surface area contributed by atoms with Gasteiger partial charge in [-0.3, -0.25) is 9.98 Å². The van der Waals surface area contributed by atoms with E-state index < -0.39 is 23.4 Å². The largest absolute Gasteiger partial charge is 0.444 e. The highest BCUT2D eigenvalue weighted by Crippen LogP contribution is 2.32. The van der Waals surface area contributed by atoms with Crippen LogP contribution in [0.2, 0.25) is 0 Å². The second-order valence-electron chi connectivity index (χ2n) is 23.9. The molecule has 2 aromatic heterocycles. The number of benzene rings is 4. The number of rotatable bonds is 11. The molecule has 0 aliphatic carbocycles. The van der Waals surface area contributed by atoms with E-state index in [9.17, 15) is 9.59 Å². The quantitative estimate of drug-likeness (QED) is 0.0946. The molecule has 2 aliphatic rings. The van der Waals surface area contributed by atoms with Gasteiger partial charge in [0.1, 0.15) is 22.9 Å². The summed E-state index contributed by atoms with van der Waals surface area (Å²) < 4.78 is 10.9. The highest BCUT2D eigenvalue weighted by Gasteiger charge is 2.30. The Morgan fingerprint density at radius 1 is 0.538 bits per heavy atom. The highest BCUT2D eigenvalue weighted by atomic mass is 16.6. The highest BCUT2D eigenvalue weighted by molar-refractivity contribution is 6.00. The number of carbonyl (C=O) groups excluding carboxylic acids is 2. The lowest BCUT2D eigenvalue weighted by Crippen LogP contribution is -2.46. The molecule has 4 atom stereocenters. The number of imidazole rings is 2. The normalized spacial score (nSPS) is 14.3. The Bertz CT molecular complexity index is 3400. The average molecular weight is 1050 g/mol. The van der Waals surface area contributed by atoms with Gasteiger partial charge in [0, 0.05) is 58.4 Å². The number of aliphatic imine (C=N–C) groups is 2. The molecular weight excluding hydrogens is 969 g/mol. The monoisotopic (exact) mass is 1050 g/mol. The van der Waals surface area contributed by atoms with Crippen molar-refractivity contribution in [1.29, 1.82) is 0 Å². The summed E-state index contributed by atoms with van der Waals surface area (Å²) in [5.41, 5.74) is 12.6.